The Morgan fingerprint density at radius 2 is 1.77 bits per heavy atom. The van der Waals surface area contributed by atoms with Gasteiger partial charge >= 0.3 is 0 Å². The lowest BCUT2D eigenvalue weighted by Crippen LogP contribution is -2.27. The molecule has 0 atom stereocenters. The van der Waals surface area contributed by atoms with Crippen molar-refractivity contribution in [2.24, 2.45) is 0 Å². The molecule has 1 fully saturated rings. The summed E-state index contributed by atoms with van der Waals surface area (Å²) < 4.78 is 6.03. The van der Waals surface area contributed by atoms with Crippen molar-refractivity contribution >= 4 is 39.8 Å². The number of thioether (sulfide) groups is 1. The topological polar surface area (TPSA) is 46.6 Å². The van der Waals surface area contributed by atoms with Crippen LogP contribution in [-0.2, 0) is 11.3 Å². The van der Waals surface area contributed by atoms with Crippen molar-refractivity contribution in [3.63, 3.8) is 0 Å². The number of unbranched alkanes of at least 4 members (excludes halogenated alkanes) is 1. The highest BCUT2D eigenvalue weighted by molar-refractivity contribution is 8.18. The molecule has 31 heavy (non-hydrogen) atoms. The number of nitrogens with zero attached hydrogens (tertiary/aromatic N) is 1. The first-order valence-corrected chi connectivity index (χ1v) is 11.3. The molecule has 0 bridgehead atoms. The van der Waals surface area contributed by atoms with Crippen LogP contribution < -0.4 is 4.74 Å². The van der Waals surface area contributed by atoms with E-state index in [1.54, 1.807) is 0 Å². The second-order valence-electron chi connectivity index (χ2n) is 7.65. The van der Waals surface area contributed by atoms with E-state index in [9.17, 15) is 9.59 Å². The van der Waals surface area contributed by atoms with Crippen molar-refractivity contribution in [1.29, 1.82) is 0 Å². The van der Waals surface area contributed by atoms with E-state index in [1.807, 2.05) is 73.7 Å². The van der Waals surface area contributed by atoms with Gasteiger partial charge in [-0.1, -0.05) is 73.5 Å². The summed E-state index contributed by atoms with van der Waals surface area (Å²) in [5.74, 6) is 0.473. The lowest BCUT2D eigenvalue weighted by molar-refractivity contribution is -0.123. The Balaban J connectivity index is 1.67. The number of amides is 2. The van der Waals surface area contributed by atoms with Gasteiger partial charge in [-0.2, -0.15) is 0 Å². The molecule has 4 rings (SSSR count). The van der Waals surface area contributed by atoms with E-state index in [4.69, 9.17) is 4.74 Å². The van der Waals surface area contributed by atoms with Crippen LogP contribution >= 0.6 is 11.8 Å². The number of aryl methyl sites for hydroxylation is 1. The van der Waals surface area contributed by atoms with E-state index < -0.39 is 0 Å². The third kappa shape index (κ3) is 4.67. The molecule has 5 heteroatoms. The molecule has 1 aliphatic rings. The molecule has 1 heterocycles. The van der Waals surface area contributed by atoms with E-state index in [2.05, 4.69) is 6.92 Å². The summed E-state index contributed by atoms with van der Waals surface area (Å²) in [6.45, 7) is 5.02. The van der Waals surface area contributed by atoms with E-state index in [0.717, 1.165) is 57.8 Å². The van der Waals surface area contributed by atoms with Gasteiger partial charge < -0.3 is 4.74 Å². The number of imide groups is 1. The minimum Gasteiger partial charge on any atom is -0.493 e. The Labute approximate surface area is 186 Å². The first-order valence-electron chi connectivity index (χ1n) is 10.5. The second kappa shape index (κ2) is 9.40. The minimum atomic E-state index is -0.261. The third-order valence-corrected chi connectivity index (χ3v) is 6.20. The Morgan fingerprint density at radius 3 is 2.55 bits per heavy atom. The van der Waals surface area contributed by atoms with Crippen LogP contribution in [0.2, 0.25) is 0 Å². The molecule has 0 unspecified atom stereocenters. The SMILES string of the molecule is CCCCOc1ccc2ccccc2c1/C=C1\SC(=O)N(Cc2ccc(C)cc2)C1=O. The third-order valence-electron chi connectivity index (χ3n) is 5.30. The highest BCUT2D eigenvalue weighted by atomic mass is 32.2. The Kier molecular flexibility index (Phi) is 6.42. The summed E-state index contributed by atoms with van der Waals surface area (Å²) in [5, 5.41) is 1.82. The maximum Gasteiger partial charge on any atom is 0.293 e. The summed E-state index contributed by atoms with van der Waals surface area (Å²) in [4.78, 5) is 27.4. The molecule has 0 saturated carbocycles. The number of hydrogen-bond acceptors (Lipinski definition) is 4. The molecule has 2 amide bonds. The first kappa shape index (κ1) is 21.2. The Bertz CT molecular complexity index is 1150. The minimum absolute atomic E-state index is 0.245. The lowest BCUT2D eigenvalue weighted by atomic mass is 10.0. The van der Waals surface area contributed by atoms with Crippen LogP contribution in [0.4, 0.5) is 4.79 Å². The maximum atomic E-state index is 13.1. The van der Waals surface area contributed by atoms with Crippen molar-refractivity contribution in [1.82, 2.24) is 4.90 Å². The maximum absolute atomic E-state index is 13.1. The van der Waals surface area contributed by atoms with Crippen LogP contribution in [0.5, 0.6) is 5.75 Å². The number of fused-ring (bicyclic) bond motifs is 1. The van der Waals surface area contributed by atoms with Crippen molar-refractivity contribution in [3.8, 4) is 5.75 Å². The number of benzene rings is 3. The average molecular weight is 432 g/mol. The van der Waals surface area contributed by atoms with Gasteiger partial charge in [0.05, 0.1) is 18.1 Å². The summed E-state index contributed by atoms with van der Waals surface area (Å²) in [6.07, 6.45) is 3.81. The van der Waals surface area contributed by atoms with E-state index in [0.29, 0.717) is 11.5 Å². The lowest BCUT2D eigenvalue weighted by Gasteiger charge is -2.13. The van der Waals surface area contributed by atoms with Gasteiger partial charge in [0.15, 0.2) is 0 Å². The van der Waals surface area contributed by atoms with Gasteiger partial charge in [-0.05, 0) is 53.6 Å². The zero-order chi connectivity index (χ0) is 21.8. The van der Waals surface area contributed by atoms with Crippen molar-refractivity contribution in [2.75, 3.05) is 6.61 Å². The fourth-order valence-electron chi connectivity index (χ4n) is 3.52. The summed E-state index contributed by atoms with van der Waals surface area (Å²) in [7, 11) is 0. The predicted molar refractivity (Wildman–Crippen MR) is 127 cm³/mol. The van der Waals surface area contributed by atoms with Crippen molar-refractivity contribution in [2.45, 2.75) is 33.2 Å². The van der Waals surface area contributed by atoms with Gasteiger partial charge in [0.25, 0.3) is 11.1 Å². The standard InChI is InChI=1S/C26H25NO3S/c1-3-4-15-30-23-14-13-20-7-5-6-8-21(20)22(23)16-24-25(28)27(26(29)31-24)17-19-11-9-18(2)10-12-19/h5-14,16H,3-4,15,17H2,1-2H3/b24-16-. The molecule has 3 aromatic rings. The van der Waals surface area contributed by atoms with Crippen molar-refractivity contribution in [3.05, 3.63) is 82.3 Å². The number of ether oxygens (including phenoxy) is 1. The number of hydrogen-bond donors (Lipinski definition) is 0. The van der Waals surface area contributed by atoms with Crippen LogP contribution in [0, 0.1) is 6.92 Å². The fraction of sp³-hybridized carbons (Fsp3) is 0.231. The fourth-order valence-corrected chi connectivity index (χ4v) is 4.34. The van der Waals surface area contributed by atoms with Crippen LogP contribution in [0.3, 0.4) is 0 Å². The van der Waals surface area contributed by atoms with Gasteiger partial charge in [0.2, 0.25) is 0 Å². The molecule has 158 valence electrons. The molecule has 0 spiro atoms. The van der Waals surface area contributed by atoms with Crippen LogP contribution in [-0.4, -0.2) is 22.7 Å². The molecule has 0 aromatic heterocycles. The molecule has 0 aliphatic carbocycles. The number of carbonyl (C=O) groups is 2. The van der Waals surface area contributed by atoms with E-state index >= 15 is 0 Å². The van der Waals surface area contributed by atoms with Crippen LogP contribution in [0.1, 0.15) is 36.5 Å². The number of carbonyl (C=O) groups excluding carboxylic acids is 2. The molecule has 4 nitrogen and oxygen atoms in total. The quantitative estimate of drug-likeness (QED) is 0.314. The molecular weight excluding hydrogens is 406 g/mol. The largest absolute Gasteiger partial charge is 0.493 e. The van der Waals surface area contributed by atoms with E-state index in [1.165, 1.54) is 4.90 Å². The zero-order valence-corrected chi connectivity index (χ0v) is 18.6. The first-order chi connectivity index (χ1) is 15.1. The normalized spacial score (nSPS) is 15.3. The van der Waals surface area contributed by atoms with Gasteiger partial charge in [-0.15, -0.1) is 0 Å². The predicted octanol–water partition coefficient (Wildman–Crippen LogP) is 6.56. The smallest absolute Gasteiger partial charge is 0.293 e. The number of rotatable bonds is 7. The zero-order valence-electron chi connectivity index (χ0n) is 17.8. The van der Waals surface area contributed by atoms with Gasteiger partial charge in [0, 0.05) is 5.56 Å². The van der Waals surface area contributed by atoms with Crippen LogP contribution in [0.15, 0.2) is 65.6 Å². The molecular formula is C26H25NO3S. The summed E-state index contributed by atoms with van der Waals surface area (Å²) in [6, 6.07) is 19.9. The van der Waals surface area contributed by atoms with Gasteiger partial charge in [-0.25, -0.2) is 0 Å². The molecule has 0 N–H and O–H groups in total. The Morgan fingerprint density at radius 1 is 1.00 bits per heavy atom. The molecule has 3 aromatic carbocycles. The van der Waals surface area contributed by atoms with Gasteiger partial charge in [-0.3, -0.25) is 14.5 Å². The van der Waals surface area contributed by atoms with Gasteiger partial charge in [0.1, 0.15) is 5.75 Å². The highest BCUT2D eigenvalue weighted by Gasteiger charge is 2.35. The van der Waals surface area contributed by atoms with Crippen LogP contribution in [0.25, 0.3) is 16.8 Å². The second-order valence-corrected chi connectivity index (χ2v) is 8.65. The monoisotopic (exact) mass is 431 g/mol. The van der Waals surface area contributed by atoms with E-state index in [-0.39, 0.29) is 17.7 Å². The average Bonchev–Trinajstić information content (AvgIpc) is 3.04. The molecule has 1 saturated heterocycles. The highest BCUT2D eigenvalue weighted by Crippen LogP contribution is 2.37. The summed E-state index contributed by atoms with van der Waals surface area (Å²) in [5.41, 5.74) is 2.92. The van der Waals surface area contributed by atoms with Crippen molar-refractivity contribution < 1.29 is 14.3 Å². The molecule has 0 radical (unpaired) electrons. The molecule has 1 aliphatic heterocycles. The Hall–Kier alpha value is -3.05. The summed E-state index contributed by atoms with van der Waals surface area (Å²) >= 11 is 0.988.